The fraction of sp³-hybridized carbons (Fsp3) is 0.243. The molecule has 4 aromatic carbocycles. The Balaban J connectivity index is 1.33. The van der Waals surface area contributed by atoms with Crippen LogP contribution in [0.5, 0.6) is 0 Å². The average molecular weight is 644 g/mol. The Labute approximate surface area is 278 Å². The quantitative estimate of drug-likeness (QED) is 0.125. The molecule has 3 heterocycles. The van der Waals surface area contributed by atoms with Gasteiger partial charge in [0.1, 0.15) is 5.52 Å². The summed E-state index contributed by atoms with van der Waals surface area (Å²) in [4.78, 5) is 26.0. The molecule has 0 fully saturated rings. The normalized spacial score (nSPS) is 12.4. The van der Waals surface area contributed by atoms with Crippen molar-refractivity contribution in [3.63, 3.8) is 0 Å². The Morgan fingerprint density at radius 2 is 1.57 bits per heavy atom. The van der Waals surface area contributed by atoms with E-state index in [1.54, 1.807) is 11.3 Å². The number of para-hydroxylation sites is 4. The van der Waals surface area contributed by atoms with Crippen LogP contribution in [0, 0.1) is 0 Å². The van der Waals surface area contributed by atoms with Crippen LogP contribution in [0.2, 0.25) is 0 Å². The first-order valence-corrected chi connectivity index (χ1v) is 17.9. The molecule has 0 bridgehead atoms. The van der Waals surface area contributed by atoms with Crippen LogP contribution < -0.4 is 15.1 Å². The maximum Gasteiger partial charge on any atom is 0.240 e. The zero-order valence-electron chi connectivity index (χ0n) is 26.0. The molecule has 0 saturated carbocycles. The summed E-state index contributed by atoms with van der Waals surface area (Å²) in [5, 5.41) is 3.46. The predicted molar refractivity (Wildman–Crippen MR) is 194 cm³/mol. The van der Waals surface area contributed by atoms with Gasteiger partial charge in [0, 0.05) is 28.4 Å². The third-order valence-electron chi connectivity index (χ3n) is 8.16. The lowest BCUT2D eigenvalue weighted by molar-refractivity contribution is 0.605. The molecule has 0 radical (unpaired) electrons. The lowest BCUT2D eigenvalue weighted by atomic mass is 10.1. The largest absolute Gasteiger partial charge is 0.360 e. The van der Waals surface area contributed by atoms with Crippen molar-refractivity contribution in [2.24, 2.45) is 0 Å². The van der Waals surface area contributed by atoms with E-state index < -0.39 is 0 Å². The second-order valence-electron chi connectivity index (χ2n) is 11.4. The SMILES string of the molecule is CCCCCCCCN1CSc2cccc(-c3nc(Nc4ccccc4)nc(N(c4ccccc4)c4cccc5scnc45)n3)c21. The van der Waals surface area contributed by atoms with E-state index in [0.29, 0.717) is 17.7 Å². The molecule has 0 amide bonds. The number of fused-ring (bicyclic) bond motifs is 2. The number of aromatic nitrogens is 4. The molecule has 1 N–H and O–H groups in total. The lowest BCUT2D eigenvalue weighted by Gasteiger charge is -2.25. The molecular formula is C37H37N7S2. The molecule has 7 rings (SSSR count). The fourth-order valence-electron chi connectivity index (χ4n) is 5.90. The van der Waals surface area contributed by atoms with Gasteiger partial charge < -0.3 is 10.2 Å². The molecule has 2 aromatic heterocycles. The first kappa shape index (κ1) is 30.2. The van der Waals surface area contributed by atoms with Crippen molar-refractivity contribution in [3.8, 4) is 11.4 Å². The van der Waals surface area contributed by atoms with Crippen molar-refractivity contribution < 1.29 is 0 Å². The summed E-state index contributed by atoms with van der Waals surface area (Å²) in [5.74, 6) is 2.60. The number of hydrogen-bond acceptors (Lipinski definition) is 9. The summed E-state index contributed by atoms with van der Waals surface area (Å²) in [6.45, 7) is 3.30. The summed E-state index contributed by atoms with van der Waals surface area (Å²) in [7, 11) is 0. The maximum atomic E-state index is 5.24. The van der Waals surface area contributed by atoms with E-state index in [4.69, 9.17) is 19.9 Å². The first-order chi connectivity index (χ1) is 22.8. The molecule has 6 aromatic rings. The van der Waals surface area contributed by atoms with Crippen LogP contribution in [-0.4, -0.2) is 32.4 Å². The molecule has 0 spiro atoms. The fourth-order valence-corrected chi connectivity index (χ4v) is 7.70. The Bertz CT molecular complexity index is 1900. The molecule has 46 heavy (non-hydrogen) atoms. The topological polar surface area (TPSA) is 70.1 Å². The number of anilines is 6. The molecule has 9 heteroatoms. The Morgan fingerprint density at radius 3 is 2.41 bits per heavy atom. The molecule has 0 unspecified atom stereocenters. The monoisotopic (exact) mass is 643 g/mol. The van der Waals surface area contributed by atoms with Crippen molar-refractivity contribution in [3.05, 3.63) is 103 Å². The molecule has 1 aliphatic rings. The molecule has 7 nitrogen and oxygen atoms in total. The summed E-state index contributed by atoms with van der Waals surface area (Å²) >= 11 is 3.52. The standard InChI is InChI=1S/C37H37N7S2/c1-2-3-4-5-6-13-24-43-26-46-32-23-14-20-29(34(32)43)35-40-36(39-27-16-9-7-10-17-27)42-37(41-35)44(28-18-11-8-12-19-28)30-21-15-22-31-33(30)38-25-45-31/h7-12,14-23,25H,2-6,13,24,26H2,1H3,(H,39,40,41,42). The molecule has 232 valence electrons. The highest BCUT2D eigenvalue weighted by Gasteiger charge is 2.27. The Morgan fingerprint density at radius 1 is 0.783 bits per heavy atom. The minimum absolute atomic E-state index is 0.489. The first-order valence-electron chi connectivity index (χ1n) is 16.0. The van der Waals surface area contributed by atoms with Gasteiger partial charge in [-0.25, -0.2) is 4.98 Å². The van der Waals surface area contributed by atoms with Gasteiger partial charge in [-0.05, 0) is 55.0 Å². The Kier molecular flexibility index (Phi) is 9.39. The number of nitrogens with one attached hydrogen (secondary N) is 1. The third kappa shape index (κ3) is 6.57. The van der Waals surface area contributed by atoms with Gasteiger partial charge in [0.15, 0.2) is 5.82 Å². The van der Waals surface area contributed by atoms with Crippen molar-refractivity contribution in [1.82, 2.24) is 19.9 Å². The smallest absolute Gasteiger partial charge is 0.240 e. The number of thiazole rings is 1. The van der Waals surface area contributed by atoms with Gasteiger partial charge in [-0.2, -0.15) is 15.0 Å². The van der Waals surface area contributed by atoms with Crippen molar-refractivity contribution in [2.75, 3.05) is 27.5 Å². The predicted octanol–water partition coefficient (Wildman–Crippen LogP) is 10.6. The van der Waals surface area contributed by atoms with Crippen LogP contribution in [0.25, 0.3) is 21.6 Å². The molecule has 1 aliphatic heterocycles. The van der Waals surface area contributed by atoms with Gasteiger partial charge in [-0.15, -0.1) is 23.1 Å². The van der Waals surface area contributed by atoms with Crippen LogP contribution in [0.1, 0.15) is 45.4 Å². The number of rotatable bonds is 13. The summed E-state index contributed by atoms with van der Waals surface area (Å²) < 4.78 is 1.11. The van der Waals surface area contributed by atoms with Crippen LogP contribution in [0.4, 0.5) is 34.6 Å². The van der Waals surface area contributed by atoms with Gasteiger partial charge in [0.25, 0.3) is 0 Å². The van der Waals surface area contributed by atoms with Crippen molar-refractivity contribution in [1.29, 1.82) is 0 Å². The Hall–Kier alpha value is -4.47. The summed E-state index contributed by atoms with van der Waals surface area (Å²) in [6.07, 6.45) is 7.66. The highest BCUT2D eigenvalue weighted by Crippen LogP contribution is 2.45. The minimum atomic E-state index is 0.489. The van der Waals surface area contributed by atoms with Gasteiger partial charge >= 0.3 is 0 Å². The van der Waals surface area contributed by atoms with E-state index >= 15 is 0 Å². The third-order valence-corrected chi connectivity index (χ3v) is 10.0. The van der Waals surface area contributed by atoms with Crippen LogP contribution >= 0.6 is 23.1 Å². The van der Waals surface area contributed by atoms with Crippen molar-refractivity contribution >= 4 is 68.0 Å². The molecule has 0 saturated heterocycles. The van der Waals surface area contributed by atoms with E-state index in [1.807, 2.05) is 65.8 Å². The molecule has 0 aliphatic carbocycles. The van der Waals surface area contributed by atoms with Gasteiger partial charge in [0.05, 0.1) is 27.5 Å². The minimum Gasteiger partial charge on any atom is -0.360 e. The number of nitrogens with zero attached hydrogens (tertiary/aromatic N) is 6. The second-order valence-corrected chi connectivity index (χ2v) is 13.3. The van der Waals surface area contributed by atoms with Crippen LogP contribution in [0.15, 0.2) is 107 Å². The van der Waals surface area contributed by atoms with Crippen LogP contribution in [0.3, 0.4) is 0 Å². The van der Waals surface area contributed by atoms with Gasteiger partial charge in [-0.3, -0.25) is 4.90 Å². The number of benzene rings is 4. The van der Waals surface area contributed by atoms with Crippen LogP contribution in [-0.2, 0) is 0 Å². The molecule has 0 atom stereocenters. The van der Waals surface area contributed by atoms with E-state index in [2.05, 4.69) is 70.6 Å². The van der Waals surface area contributed by atoms with E-state index in [0.717, 1.165) is 45.3 Å². The maximum absolute atomic E-state index is 5.24. The number of thioether (sulfide) groups is 1. The zero-order chi connectivity index (χ0) is 31.1. The molecular weight excluding hydrogens is 607 g/mol. The van der Waals surface area contributed by atoms with E-state index in [9.17, 15) is 0 Å². The van der Waals surface area contributed by atoms with E-state index in [-0.39, 0.29) is 0 Å². The van der Waals surface area contributed by atoms with Gasteiger partial charge in [0.2, 0.25) is 11.9 Å². The summed E-state index contributed by atoms with van der Waals surface area (Å²) in [6, 6.07) is 33.1. The second kappa shape index (κ2) is 14.3. The van der Waals surface area contributed by atoms with E-state index in [1.165, 1.54) is 49.1 Å². The highest BCUT2D eigenvalue weighted by molar-refractivity contribution is 7.99. The highest BCUT2D eigenvalue weighted by atomic mass is 32.2. The summed E-state index contributed by atoms with van der Waals surface area (Å²) in [5.41, 5.74) is 7.83. The van der Waals surface area contributed by atoms with Gasteiger partial charge in [-0.1, -0.05) is 87.6 Å². The zero-order valence-corrected chi connectivity index (χ0v) is 27.6. The number of unbranched alkanes of at least 4 members (excludes halogenated alkanes) is 5. The number of hydrogen-bond donors (Lipinski definition) is 1. The van der Waals surface area contributed by atoms with Crippen molar-refractivity contribution in [2.45, 2.75) is 50.3 Å². The average Bonchev–Trinajstić information content (AvgIpc) is 3.75. The lowest BCUT2D eigenvalue weighted by Crippen LogP contribution is -2.21.